The van der Waals surface area contributed by atoms with E-state index in [1.165, 1.54) is 5.56 Å². The summed E-state index contributed by atoms with van der Waals surface area (Å²) in [4.78, 5) is 17.3. The molecule has 1 aromatic carbocycles. The van der Waals surface area contributed by atoms with Crippen LogP contribution in [-0.2, 0) is 11.2 Å². The van der Waals surface area contributed by atoms with E-state index in [-0.39, 0.29) is 6.42 Å². The van der Waals surface area contributed by atoms with Crippen LogP contribution < -0.4 is 4.90 Å². The van der Waals surface area contributed by atoms with Gasteiger partial charge < -0.3 is 10.0 Å². The molecule has 3 rings (SSSR count). The zero-order valence-electron chi connectivity index (χ0n) is 9.97. The predicted molar refractivity (Wildman–Crippen MR) is 69.9 cm³/mol. The van der Waals surface area contributed by atoms with E-state index in [1.54, 1.807) is 0 Å². The van der Waals surface area contributed by atoms with Gasteiger partial charge in [0.2, 0.25) is 0 Å². The van der Waals surface area contributed by atoms with Crippen molar-refractivity contribution in [1.29, 1.82) is 0 Å². The van der Waals surface area contributed by atoms with Crippen LogP contribution in [0.5, 0.6) is 0 Å². The summed E-state index contributed by atoms with van der Waals surface area (Å²) in [5.74, 6) is 0.194. The number of benzene rings is 1. The number of carboxylic acid groups (broad SMARTS) is 1. The molecule has 1 aliphatic heterocycles. The maximum absolute atomic E-state index is 10.6. The fourth-order valence-electron chi connectivity index (χ4n) is 2.42. The van der Waals surface area contributed by atoms with Crippen molar-refractivity contribution in [3.05, 3.63) is 35.9 Å². The molecule has 4 heteroatoms. The minimum Gasteiger partial charge on any atom is -0.481 e. The van der Waals surface area contributed by atoms with Crippen LogP contribution >= 0.6 is 0 Å². The Bertz CT molecular complexity index is 610. The first-order valence-corrected chi connectivity index (χ1v) is 6.09. The Morgan fingerprint density at radius 3 is 3.06 bits per heavy atom. The molecular formula is C14H14N2O2. The minimum absolute atomic E-state index is 0.161. The second-order valence-corrected chi connectivity index (χ2v) is 4.54. The second-order valence-electron chi connectivity index (χ2n) is 4.54. The van der Waals surface area contributed by atoms with Gasteiger partial charge in [-0.05, 0) is 24.1 Å². The molecule has 0 atom stereocenters. The van der Waals surface area contributed by atoms with E-state index >= 15 is 0 Å². The molecule has 0 unspecified atom stereocenters. The number of nitrogens with zero attached hydrogens (tertiary/aromatic N) is 2. The Hall–Kier alpha value is -2.10. The van der Waals surface area contributed by atoms with Gasteiger partial charge in [0, 0.05) is 18.5 Å². The van der Waals surface area contributed by atoms with Crippen LogP contribution in [0.4, 0.5) is 5.82 Å². The molecule has 0 radical (unpaired) electrons. The molecule has 2 aromatic rings. The van der Waals surface area contributed by atoms with E-state index in [0.717, 1.165) is 29.7 Å². The van der Waals surface area contributed by atoms with Crippen molar-refractivity contribution in [3.8, 4) is 0 Å². The number of para-hydroxylation sites is 1. The van der Waals surface area contributed by atoms with Gasteiger partial charge in [-0.25, -0.2) is 4.98 Å². The normalized spacial score (nSPS) is 13.9. The molecule has 18 heavy (non-hydrogen) atoms. The van der Waals surface area contributed by atoms with Gasteiger partial charge in [-0.3, -0.25) is 4.79 Å². The molecule has 1 aliphatic rings. The Kier molecular flexibility index (Phi) is 2.63. The van der Waals surface area contributed by atoms with Crippen molar-refractivity contribution in [2.45, 2.75) is 12.8 Å². The summed E-state index contributed by atoms with van der Waals surface area (Å²) < 4.78 is 0. The molecular weight excluding hydrogens is 228 g/mol. The molecule has 0 saturated carbocycles. The zero-order chi connectivity index (χ0) is 12.5. The van der Waals surface area contributed by atoms with Crippen molar-refractivity contribution >= 4 is 22.7 Å². The molecule has 0 fully saturated rings. The van der Waals surface area contributed by atoms with Gasteiger partial charge in [0.1, 0.15) is 5.82 Å². The van der Waals surface area contributed by atoms with Crippen molar-refractivity contribution < 1.29 is 9.90 Å². The van der Waals surface area contributed by atoms with E-state index in [9.17, 15) is 4.79 Å². The lowest BCUT2D eigenvalue weighted by Gasteiger charge is -2.17. The standard InChI is InChI=1S/C14H14N2O2/c17-13(18)6-8-16-7-5-11-9-10-3-1-2-4-12(10)15-14(11)16/h1-4,9H,5-8H2,(H,17,18). The van der Waals surface area contributed by atoms with Gasteiger partial charge in [-0.15, -0.1) is 0 Å². The van der Waals surface area contributed by atoms with E-state index in [0.29, 0.717) is 6.54 Å². The maximum Gasteiger partial charge on any atom is 0.305 e. The second kappa shape index (κ2) is 4.29. The van der Waals surface area contributed by atoms with Crippen molar-refractivity contribution in [2.75, 3.05) is 18.0 Å². The lowest BCUT2D eigenvalue weighted by atomic mass is 10.1. The first-order chi connectivity index (χ1) is 8.74. The van der Waals surface area contributed by atoms with E-state index in [4.69, 9.17) is 5.11 Å². The highest BCUT2D eigenvalue weighted by Gasteiger charge is 2.21. The number of aliphatic carboxylic acids is 1. The quantitative estimate of drug-likeness (QED) is 0.895. The van der Waals surface area contributed by atoms with Gasteiger partial charge >= 0.3 is 5.97 Å². The van der Waals surface area contributed by atoms with E-state index < -0.39 is 5.97 Å². The lowest BCUT2D eigenvalue weighted by Crippen LogP contribution is -2.24. The van der Waals surface area contributed by atoms with Crippen LogP contribution in [0.25, 0.3) is 10.9 Å². The average Bonchev–Trinajstić information content (AvgIpc) is 2.76. The molecule has 4 nitrogen and oxygen atoms in total. The lowest BCUT2D eigenvalue weighted by molar-refractivity contribution is -0.136. The smallest absolute Gasteiger partial charge is 0.305 e. The van der Waals surface area contributed by atoms with Crippen molar-refractivity contribution in [1.82, 2.24) is 4.98 Å². The largest absolute Gasteiger partial charge is 0.481 e. The van der Waals surface area contributed by atoms with Gasteiger partial charge in [0.15, 0.2) is 0 Å². The van der Waals surface area contributed by atoms with Crippen LogP contribution in [0.15, 0.2) is 30.3 Å². The Morgan fingerprint density at radius 2 is 2.22 bits per heavy atom. The monoisotopic (exact) mass is 242 g/mol. The number of carbonyl (C=O) groups is 1. The number of hydrogen-bond donors (Lipinski definition) is 1. The van der Waals surface area contributed by atoms with Crippen LogP contribution in [0, 0.1) is 0 Å². The van der Waals surface area contributed by atoms with Gasteiger partial charge in [-0.1, -0.05) is 18.2 Å². The maximum atomic E-state index is 10.6. The van der Waals surface area contributed by atoms with Crippen molar-refractivity contribution in [2.24, 2.45) is 0 Å². The number of fused-ring (bicyclic) bond motifs is 2. The van der Waals surface area contributed by atoms with Crippen LogP contribution in [0.2, 0.25) is 0 Å². The Labute approximate surface area is 105 Å². The predicted octanol–water partition coefficient (Wildman–Crippen LogP) is 2.07. The third-order valence-corrected chi connectivity index (χ3v) is 3.33. The fraction of sp³-hybridized carbons (Fsp3) is 0.286. The molecule has 2 heterocycles. The number of carboxylic acids is 1. The zero-order valence-corrected chi connectivity index (χ0v) is 9.97. The highest BCUT2D eigenvalue weighted by atomic mass is 16.4. The van der Waals surface area contributed by atoms with Crippen LogP contribution in [-0.4, -0.2) is 29.1 Å². The topological polar surface area (TPSA) is 53.4 Å². The molecule has 0 spiro atoms. The van der Waals surface area contributed by atoms with Crippen LogP contribution in [0.3, 0.4) is 0 Å². The molecule has 0 bridgehead atoms. The molecule has 0 amide bonds. The third kappa shape index (κ3) is 1.90. The SMILES string of the molecule is O=C(O)CCN1CCc2cc3ccccc3nc21. The number of hydrogen-bond acceptors (Lipinski definition) is 3. The summed E-state index contributed by atoms with van der Waals surface area (Å²) in [6, 6.07) is 10.2. The highest BCUT2D eigenvalue weighted by Crippen LogP contribution is 2.29. The summed E-state index contributed by atoms with van der Waals surface area (Å²) in [5, 5.41) is 9.90. The van der Waals surface area contributed by atoms with E-state index in [2.05, 4.69) is 22.0 Å². The first-order valence-electron chi connectivity index (χ1n) is 6.09. The van der Waals surface area contributed by atoms with Crippen LogP contribution in [0.1, 0.15) is 12.0 Å². The molecule has 0 aliphatic carbocycles. The first kappa shape index (κ1) is 11.0. The molecule has 1 aromatic heterocycles. The third-order valence-electron chi connectivity index (χ3n) is 3.33. The average molecular weight is 242 g/mol. The van der Waals surface area contributed by atoms with Gasteiger partial charge in [0.25, 0.3) is 0 Å². The fourth-order valence-corrected chi connectivity index (χ4v) is 2.42. The summed E-state index contributed by atoms with van der Waals surface area (Å²) in [6.07, 6.45) is 1.11. The number of pyridine rings is 1. The Morgan fingerprint density at radius 1 is 1.39 bits per heavy atom. The summed E-state index contributed by atoms with van der Waals surface area (Å²) in [6.45, 7) is 1.40. The summed E-state index contributed by atoms with van der Waals surface area (Å²) >= 11 is 0. The summed E-state index contributed by atoms with van der Waals surface area (Å²) in [7, 11) is 0. The molecule has 92 valence electrons. The number of anilines is 1. The summed E-state index contributed by atoms with van der Waals surface area (Å²) in [5.41, 5.74) is 2.19. The minimum atomic E-state index is -0.760. The number of rotatable bonds is 3. The molecule has 0 saturated heterocycles. The molecule has 1 N–H and O–H groups in total. The number of aromatic nitrogens is 1. The van der Waals surface area contributed by atoms with Gasteiger partial charge in [0.05, 0.1) is 11.9 Å². The van der Waals surface area contributed by atoms with E-state index in [1.807, 2.05) is 18.2 Å². The van der Waals surface area contributed by atoms with Gasteiger partial charge in [-0.2, -0.15) is 0 Å². The Balaban J connectivity index is 1.95. The highest BCUT2D eigenvalue weighted by molar-refractivity contribution is 5.82. The van der Waals surface area contributed by atoms with Crippen molar-refractivity contribution in [3.63, 3.8) is 0 Å².